The van der Waals surface area contributed by atoms with Gasteiger partial charge in [0.1, 0.15) is 0 Å². The molecule has 0 radical (unpaired) electrons. The van der Waals surface area contributed by atoms with Crippen molar-refractivity contribution >= 4 is 11.4 Å². The molecule has 0 saturated carbocycles. The van der Waals surface area contributed by atoms with E-state index in [1.54, 1.807) is 0 Å². The number of fused-ring (bicyclic) bond motifs is 3. The van der Waals surface area contributed by atoms with E-state index in [2.05, 4.69) is 5.73 Å². The Morgan fingerprint density at radius 2 is 1.30 bits per heavy atom. The molecule has 0 atom stereocenters. The van der Waals surface area contributed by atoms with Gasteiger partial charge in [0.25, 0.3) is 0 Å². The van der Waals surface area contributed by atoms with Crippen LogP contribution in [0.4, 0.5) is 0 Å². The standard InChI is InChI=1S/C20H18O3/c1-3-22-19(23-4-2)13-18-16-11-6-5-9-14(16)15-10-7-8-12-17(15)20(18)21/h5-12H,3-4H2,1-2H3. The second kappa shape index (κ2) is 6.55. The first kappa shape index (κ1) is 15.1. The average molecular weight is 306 g/mol. The molecule has 0 aliphatic heterocycles. The van der Waals surface area contributed by atoms with Crippen molar-refractivity contribution in [3.8, 4) is 11.1 Å². The molecule has 23 heavy (non-hydrogen) atoms. The van der Waals surface area contributed by atoms with Crippen LogP contribution in [-0.4, -0.2) is 19.0 Å². The Kier molecular flexibility index (Phi) is 4.31. The lowest BCUT2D eigenvalue weighted by Crippen LogP contribution is -2.11. The topological polar surface area (TPSA) is 35.5 Å². The van der Waals surface area contributed by atoms with E-state index in [4.69, 9.17) is 9.47 Å². The highest BCUT2D eigenvalue weighted by Crippen LogP contribution is 2.38. The van der Waals surface area contributed by atoms with Gasteiger partial charge in [-0.15, -0.1) is 0 Å². The molecule has 0 unspecified atom stereocenters. The van der Waals surface area contributed by atoms with Crippen LogP contribution in [0.5, 0.6) is 0 Å². The number of hydrogen-bond donors (Lipinski definition) is 0. The Morgan fingerprint density at radius 1 is 0.826 bits per heavy atom. The zero-order chi connectivity index (χ0) is 16.2. The van der Waals surface area contributed by atoms with E-state index < -0.39 is 0 Å². The van der Waals surface area contributed by atoms with E-state index in [1.807, 2.05) is 62.4 Å². The summed E-state index contributed by atoms with van der Waals surface area (Å²) in [6, 6.07) is 15.5. The Bertz CT molecular complexity index is 803. The summed E-state index contributed by atoms with van der Waals surface area (Å²) in [5, 5.41) is 0. The number of ether oxygens (including phenoxy) is 2. The zero-order valence-corrected chi connectivity index (χ0v) is 13.3. The van der Waals surface area contributed by atoms with E-state index in [9.17, 15) is 4.79 Å². The van der Waals surface area contributed by atoms with Crippen molar-refractivity contribution in [2.24, 2.45) is 0 Å². The first-order valence-corrected chi connectivity index (χ1v) is 7.76. The van der Waals surface area contributed by atoms with Crippen LogP contribution in [0.1, 0.15) is 29.8 Å². The summed E-state index contributed by atoms with van der Waals surface area (Å²) in [7, 11) is 0. The molecule has 2 aromatic rings. The van der Waals surface area contributed by atoms with Gasteiger partial charge in [-0.2, -0.15) is 0 Å². The smallest absolute Gasteiger partial charge is 0.328 e. The molecule has 3 nitrogen and oxygen atoms in total. The van der Waals surface area contributed by atoms with Crippen LogP contribution < -0.4 is 0 Å². The molecule has 1 aliphatic rings. The normalized spacial score (nSPS) is 12.1. The van der Waals surface area contributed by atoms with Crippen LogP contribution in [0, 0.1) is 0 Å². The molecule has 1 aliphatic carbocycles. The maximum atomic E-state index is 12.9. The van der Waals surface area contributed by atoms with Gasteiger partial charge in [0, 0.05) is 11.1 Å². The van der Waals surface area contributed by atoms with Crippen LogP contribution in [0.3, 0.4) is 0 Å². The van der Waals surface area contributed by atoms with Crippen LogP contribution in [0.15, 0.2) is 60.2 Å². The summed E-state index contributed by atoms with van der Waals surface area (Å²) < 4.78 is 10.9. The number of Topliss-reactive ketones (excluding diaryl/α,β-unsaturated/α-hetero) is 1. The molecule has 0 heterocycles. The highest BCUT2D eigenvalue weighted by Gasteiger charge is 2.27. The van der Waals surface area contributed by atoms with Gasteiger partial charge in [-0.25, -0.2) is 0 Å². The molecule has 0 spiro atoms. The lowest BCUT2D eigenvalue weighted by atomic mass is 9.82. The van der Waals surface area contributed by atoms with Crippen LogP contribution >= 0.6 is 0 Å². The van der Waals surface area contributed by atoms with E-state index in [-0.39, 0.29) is 11.7 Å². The van der Waals surface area contributed by atoms with Gasteiger partial charge >= 0.3 is 5.95 Å². The van der Waals surface area contributed by atoms with E-state index in [0.29, 0.717) is 24.4 Å². The van der Waals surface area contributed by atoms with Gasteiger partial charge in [0.2, 0.25) is 5.78 Å². The molecule has 0 amide bonds. The zero-order valence-electron chi connectivity index (χ0n) is 13.3. The molecule has 0 saturated heterocycles. The monoisotopic (exact) mass is 306 g/mol. The van der Waals surface area contributed by atoms with Gasteiger partial charge in [-0.05, 0) is 30.7 Å². The van der Waals surface area contributed by atoms with Crippen LogP contribution in [0.25, 0.3) is 16.7 Å². The maximum absolute atomic E-state index is 12.9. The third-order valence-electron chi connectivity index (χ3n) is 3.66. The first-order valence-electron chi connectivity index (χ1n) is 7.76. The number of ketones is 1. The molecule has 2 aromatic carbocycles. The Labute approximate surface area is 135 Å². The number of benzene rings is 2. The van der Waals surface area contributed by atoms with Crippen LogP contribution in [0.2, 0.25) is 0 Å². The average Bonchev–Trinajstić information content (AvgIpc) is 2.59. The quantitative estimate of drug-likeness (QED) is 0.476. The third-order valence-corrected chi connectivity index (χ3v) is 3.66. The third kappa shape index (κ3) is 2.79. The van der Waals surface area contributed by atoms with Gasteiger partial charge in [-0.3, -0.25) is 4.79 Å². The summed E-state index contributed by atoms with van der Waals surface area (Å²) in [4.78, 5) is 12.9. The molecular weight excluding hydrogens is 288 g/mol. The van der Waals surface area contributed by atoms with E-state index in [1.165, 1.54) is 0 Å². The summed E-state index contributed by atoms with van der Waals surface area (Å²) >= 11 is 0. The minimum absolute atomic E-state index is 0.0591. The molecule has 116 valence electrons. The van der Waals surface area contributed by atoms with E-state index >= 15 is 0 Å². The largest absolute Gasteiger partial charge is 0.460 e. The van der Waals surface area contributed by atoms with Crippen molar-refractivity contribution < 1.29 is 14.3 Å². The Hall–Kier alpha value is -2.77. The summed E-state index contributed by atoms with van der Waals surface area (Å²) in [5.74, 6) is 0.198. The second-order valence-corrected chi connectivity index (χ2v) is 5.07. The fraction of sp³-hybridized carbons (Fsp3) is 0.200. The van der Waals surface area contributed by atoms with Gasteiger partial charge in [-0.1, -0.05) is 48.5 Å². The van der Waals surface area contributed by atoms with Gasteiger partial charge in [0.15, 0.2) is 0 Å². The minimum Gasteiger partial charge on any atom is -0.460 e. The van der Waals surface area contributed by atoms with Crippen molar-refractivity contribution in [2.45, 2.75) is 13.8 Å². The molecule has 0 bridgehead atoms. The number of hydrogen-bond acceptors (Lipinski definition) is 3. The lowest BCUT2D eigenvalue weighted by Gasteiger charge is -2.20. The molecule has 3 rings (SSSR count). The van der Waals surface area contributed by atoms with Crippen molar-refractivity contribution in [2.75, 3.05) is 13.2 Å². The predicted octanol–water partition coefficient (Wildman–Crippen LogP) is 4.45. The molecule has 0 fully saturated rings. The number of rotatable bonds is 4. The van der Waals surface area contributed by atoms with Crippen molar-refractivity contribution in [1.29, 1.82) is 0 Å². The highest BCUT2D eigenvalue weighted by atomic mass is 16.7. The Morgan fingerprint density at radius 3 is 1.87 bits per heavy atom. The van der Waals surface area contributed by atoms with Crippen LogP contribution in [-0.2, 0) is 9.47 Å². The SMILES string of the molecule is CCOC(=C=C1C(=O)c2ccccc2-c2ccccc21)OCC. The second-order valence-electron chi connectivity index (χ2n) is 5.07. The summed E-state index contributed by atoms with van der Waals surface area (Å²) in [5.41, 5.74) is 7.04. The number of carbonyl (C=O) groups is 1. The maximum Gasteiger partial charge on any atom is 0.328 e. The molecule has 3 heteroatoms. The van der Waals surface area contributed by atoms with Crippen molar-refractivity contribution in [3.63, 3.8) is 0 Å². The number of allylic oxidation sites excluding steroid dienone is 1. The van der Waals surface area contributed by atoms with Crippen molar-refractivity contribution in [1.82, 2.24) is 0 Å². The summed E-state index contributed by atoms with van der Waals surface area (Å²) in [6.07, 6.45) is 0. The van der Waals surface area contributed by atoms with Gasteiger partial charge < -0.3 is 9.47 Å². The van der Waals surface area contributed by atoms with Crippen molar-refractivity contribution in [3.05, 3.63) is 71.3 Å². The highest BCUT2D eigenvalue weighted by molar-refractivity contribution is 6.34. The fourth-order valence-electron chi connectivity index (χ4n) is 2.71. The molecule has 0 aromatic heterocycles. The Balaban J connectivity index is 2.27. The predicted molar refractivity (Wildman–Crippen MR) is 89.9 cm³/mol. The van der Waals surface area contributed by atoms with Gasteiger partial charge in [0.05, 0.1) is 18.8 Å². The molecular formula is C20H18O3. The first-order chi connectivity index (χ1) is 11.3. The minimum atomic E-state index is -0.0591. The number of carbonyl (C=O) groups excluding carboxylic acids is 1. The lowest BCUT2D eigenvalue weighted by molar-refractivity contribution is 0.0477. The fourth-order valence-corrected chi connectivity index (χ4v) is 2.71. The summed E-state index contributed by atoms with van der Waals surface area (Å²) in [6.45, 7) is 4.67. The van der Waals surface area contributed by atoms with E-state index in [0.717, 1.165) is 16.7 Å². The molecule has 0 N–H and O–H groups in total.